The third-order valence-corrected chi connectivity index (χ3v) is 5.94. The van der Waals surface area contributed by atoms with Crippen molar-refractivity contribution in [3.8, 4) is 11.5 Å². The van der Waals surface area contributed by atoms with E-state index in [1.807, 2.05) is 0 Å². The predicted octanol–water partition coefficient (Wildman–Crippen LogP) is 3.24. The summed E-state index contributed by atoms with van der Waals surface area (Å²) in [4.78, 5) is 12.3. The smallest absolute Gasteiger partial charge is 0.261 e. The second kappa shape index (κ2) is 7.87. The van der Waals surface area contributed by atoms with E-state index in [1.54, 1.807) is 24.3 Å². The van der Waals surface area contributed by atoms with Crippen LogP contribution in [0.15, 0.2) is 47.4 Å². The molecule has 2 aromatic rings. The Balaban J connectivity index is 1.83. The van der Waals surface area contributed by atoms with Crippen LogP contribution in [0.1, 0.15) is 19.3 Å². The Hall–Kier alpha value is -2.74. The Kier molecular flexibility index (Phi) is 5.55. The maximum absolute atomic E-state index is 12.7. The molecule has 0 saturated heterocycles. The van der Waals surface area contributed by atoms with E-state index < -0.39 is 10.0 Å². The number of carbonyl (C=O) groups is 1. The van der Waals surface area contributed by atoms with Gasteiger partial charge in [0.1, 0.15) is 11.5 Å². The van der Waals surface area contributed by atoms with Gasteiger partial charge in [0.25, 0.3) is 10.0 Å². The second-order valence-corrected chi connectivity index (χ2v) is 8.00. The predicted molar refractivity (Wildman–Crippen MR) is 103 cm³/mol. The van der Waals surface area contributed by atoms with Gasteiger partial charge in [-0.1, -0.05) is 6.42 Å². The molecule has 0 radical (unpaired) electrons. The summed E-state index contributed by atoms with van der Waals surface area (Å²) in [7, 11) is -0.818. The number of carbonyl (C=O) groups excluding carboxylic acids is 1. The lowest BCUT2D eigenvalue weighted by Crippen LogP contribution is -2.28. The Morgan fingerprint density at radius 2 is 1.74 bits per heavy atom. The molecule has 0 unspecified atom stereocenters. The molecule has 0 bridgehead atoms. The van der Waals surface area contributed by atoms with E-state index in [9.17, 15) is 13.2 Å². The van der Waals surface area contributed by atoms with Crippen molar-refractivity contribution in [3.05, 3.63) is 42.5 Å². The Morgan fingerprint density at radius 1 is 1.04 bits per heavy atom. The van der Waals surface area contributed by atoms with E-state index >= 15 is 0 Å². The average molecular weight is 390 g/mol. The molecular weight excluding hydrogens is 368 g/mol. The van der Waals surface area contributed by atoms with Crippen molar-refractivity contribution in [2.24, 2.45) is 5.92 Å². The summed E-state index contributed by atoms with van der Waals surface area (Å²) in [6.07, 6.45) is 2.74. The van der Waals surface area contributed by atoms with Crippen molar-refractivity contribution < 1.29 is 22.7 Å². The van der Waals surface area contributed by atoms with Gasteiger partial charge in [0.2, 0.25) is 5.91 Å². The molecule has 0 heterocycles. The van der Waals surface area contributed by atoms with E-state index in [1.165, 1.54) is 32.4 Å². The number of anilines is 2. The van der Waals surface area contributed by atoms with Crippen LogP contribution in [0, 0.1) is 5.92 Å². The average Bonchev–Trinajstić information content (AvgIpc) is 2.60. The Bertz CT molecular complexity index is 922. The third-order valence-electron chi connectivity index (χ3n) is 4.56. The molecule has 0 aromatic heterocycles. The number of sulfonamides is 1. The van der Waals surface area contributed by atoms with Gasteiger partial charge in [0.05, 0.1) is 24.8 Å². The van der Waals surface area contributed by atoms with Crippen LogP contribution in [-0.2, 0) is 14.8 Å². The van der Waals surface area contributed by atoms with Gasteiger partial charge in [0.15, 0.2) is 0 Å². The minimum atomic E-state index is -3.83. The standard InChI is InChI=1S/C19H22N2O5S/c1-25-15-8-6-14(7-9-15)21-27(23,24)16-10-11-18(26-2)17(12-16)20-19(22)13-4-3-5-13/h6-13,21H,3-5H2,1-2H3,(H,20,22). The lowest BCUT2D eigenvalue weighted by Gasteiger charge is -2.24. The summed E-state index contributed by atoms with van der Waals surface area (Å²) >= 11 is 0. The maximum Gasteiger partial charge on any atom is 0.261 e. The molecule has 1 amide bonds. The number of nitrogens with one attached hydrogen (secondary N) is 2. The van der Waals surface area contributed by atoms with E-state index in [-0.39, 0.29) is 16.7 Å². The molecule has 8 heteroatoms. The van der Waals surface area contributed by atoms with E-state index in [0.717, 1.165) is 19.3 Å². The van der Waals surface area contributed by atoms with Crippen molar-refractivity contribution in [1.29, 1.82) is 0 Å². The summed E-state index contributed by atoms with van der Waals surface area (Å²) in [6, 6.07) is 10.9. The number of methoxy groups -OCH3 is 2. The molecule has 0 spiro atoms. The van der Waals surface area contributed by atoms with Gasteiger partial charge in [-0.2, -0.15) is 0 Å². The zero-order chi connectivity index (χ0) is 19.4. The quantitative estimate of drug-likeness (QED) is 0.757. The van der Waals surface area contributed by atoms with Crippen LogP contribution in [0.2, 0.25) is 0 Å². The highest BCUT2D eigenvalue weighted by molar-refractivity contribution is 7.92. The lowest BCUT2D eigenvalue weighted by atomic mass is 9.85. The topological polar surface area (TPSA) is 93.7 Å². The molecule has 1 aliphatic rings. The monoisotopic (exact) mass is 390 g/mol. The minimum absolute atomic E-state index is 0.0209. The van der Waals surface area contributed by atoms with Crippen LogP contribution < -0.4 is 19.5 Å². The fourth-order valence-corrected chi connectivity index (χ4v) is 3.81. The van der Waals surface area contributed by atoms with E-state index in [4.69, 9.17) is 9.47 Å². The van der Waals surface area contributed by atoms with Crippen molar-refractivity contribution in [2.75, 3.05) is 24.3 Å². The van der Waals surface area contributed by atoms with Crippen molar-refractivity contribution in [1.82, 2.24) is 0 Å². The first-order chi connectivity index (χ1) is 12.9. The van der Waals surface area contributed by atoms with Gasteiger partial charge in [0, 0.05) is 11.6 Å². The fraction of sp³-hybridized carbons (Fsp3) is 0.316. The summed E-state index contributed by atoms with van der Waals surface area (Å²) in [5.74, 6) is 0.902. The van der Waals surface area contributed by atoms with Gasteiger partial charge in [-0.05, 0) is 55.3 Å². The largest absolute Gasteiger partial charge is 0.497 e. The van der Waals surface area contributed by atoms with Crippen LogP contribution in [-0.4, -0.2) is 28.5 Å². The zero-order valence-electron chi connectivity index (χ0n) is 15.2. The van der Waals surface area contributed by atoms with Gasteiger partial charge in [-0.3, -0.25) is 9.52 Å². The van der Waals surface area contributed by atoms with Crippen molar-refractivity contribution in [3.63, 3.8) is 0 Å². The highest BCUT2D eigenvalue weighted by Crippen LogP contribution is 2.32. The number of amides is 1. The minimum Gasteiger partial charge on any atom is -0.497 e. The highest BCUT2D eigenvalue weighted by atomic mass is 32.2. The molecule has 1 saturated carbocycles. The van der Waals surface area contributed by atoms with Gasteiger partial charge < -0.3 is 14.8 Å². The SMILES string of the molecule is COc1ccc(NS(=O)(=O)c2ccc(OC)c(NC(=O)C3CCC3)c2)cc1. The van der Waals surface area contributed by atoms with Crippen LogP contribution in [0.5, 0.6) is 11.5 Å². The van der Waals surface area contributed by atoms with Crippen LogP contribution >= 0.6 is 0 Å². The first-order valence-corrected chi connectivity index (χ1v) is 10.1. The molecule has 27 heavy (non-hydrogen) atoms. The first-order valence-electron chi connectivity index (χ1n) is 8.59. The van der Waals surface area contributed by atoms with Crippen molar-refractivity contribution in [2.45, 2.75) is 24.2 Å². The van der Waals surface area contributed by atoms with E-state index in [2.05, 4.69) is 10.0 Å². The molecule has 0 aliphatic heterocycles. The summed E-state index contributed by atoms with van der Waals surface area (Å²) in [5, 5.41) is 2.78. The zero-order valence-corrected chi connectivity index (χ0v) is 16.0. The van der Waals surface area contributed by atoms with Gasteiger partial charge >= 0.3 is 0 Å². The molecule has 0 atom stereocenters. The molecule has 7 nitrogen and oxygen atoms in total. The third kappa shape index (κ3) is 4.33. The number of benzene rings is 2. The van der Waals surface area contributed by atoms with Gasteiger partial charge in [-0.15, -0.1) is 0 Å². The molecule has 3 rings (SSSR count). The summed E-state index contributed by atoms with van der Waals surface area (Å²) < 4.78 is 38.2. The maximum atomic E-state index is 12.7. The second-order valence-electron chi connectivity index (χ2n) is 6.31. The lowest BCUT2D eigenvalue weighted by molar-refractivity contribution is -0.122. The highest BCUT2D eigenvalue weighted by Gasteiger charge is 2.26. The Labute approximate surface area is 158 Å². The summed E-state index contributed by atoms with van der Waals surface area (Å²) in [6.45, 7) is 0. The number of hydrogen-bond donors (Lipinski definition) is 2. The molecule has 144 valence electrons. The molecule has 2 N–H and O–H groups in total. The van der Waals surface area contributed by atoms with E-state index in [0.29, 0.717) is 22.9 Å². The van der Waals surface area contributed by atoms with Gasteiger partial charge in [-0.25, -0.2) is 8.42 Å². The molecular formula is C19H22N2O5S. The van der Waals surface area contributed by atoms with Crippen LogP contribution in [0.3, 0.4) is 0 Å². The fourth-order valence-electron chi connectivity index (χ4n) is 2.73. The summed E-state index contributed by atoms with van der Waals surface area (Å²) in [5.41, 5.74) is 0.749. The number of rotatable bonds is 7. The first kappa shape index (κ1) is 19.0. The number of ether oxygens (including phenoxy) is 2. The normalized spacial score (nSPS) is 14.1. The van der Waals surface area contributed by atoms with Crippen molar-refractivity contribution >= 4 is 27.3 Å². The number of hydrogen-bond acceptors (Lipinski definition) is 5. The molecule has 1 aliphatic carbocycles. The molecule has 2 aromatic carbocycles. The Morgan fingerprint density at radius 3 is 2.30 bits per heavy atom. The van der Waals surface area contributed by atoms with Crippen LogP contribution in [0.25, 0.3) is 0 Å². The molecule has 1 fully saturated rings. The van der Waals surface area contributed by atoms with Crippen LogP contribution in [0.4, 0.5) is 11.4 Å².